The summed E-state index contributed by atoms with van der Waals surface area (Å²) < 4.78 is 15.9. The highest BCUT2D eigenvalue weighted by molar-refractivity contribution is 5.17. The molecule has 0 saturated carbocycles. The first-order chi connectivity index (χ1) is 20.9. The minimum atomic E-state index is -0.684. The van der Waals surface area contributed by atoms with Crippen LogP contribution in [-0.4, -0.2) is 54.1 Å². The maximum absolute atomic E-state index is 7.10. The molecule has 4 aromatic rings. The van der Waals surface area contributed by atoms with Crippen molar-refractivity contribution >= 4 is 0 Å². The van der Waals surface area contributed by atoms with E-state index in [0.29, 0.717) is 0 Å². The first-order valence-electron chi connectivity index (χ1n) is 16.1. The quantitative estimate of drug-likeness (QED) is 0.154. The van der Waals surface area contributed by atoms with Crippen molar-refractivity contribution < 1.29 is 18.4 Å². The largest absolute Gasteiger partial charge is 0.338 e. The number of ether oxygens (including phenoxy) is 2. The molecule has 0 spiro atoms. The second-order valence-electron chi connectivity index (χ2n) is 14.7. The molecule has 0 N–H and O–H groups in total. The highest BCUT2D eigenvalue weighted by Crippen LogP contribution is 2.43. The summed E-state index contributed by atoms with van der Waals surface area (Å²) in [5.74, 6) is -0.684. The van der Waals surface area contributed by atoms with Gasteiger partial charge >= 0.3 is 0 Å². The zero-order chi connectivity index (χ0) is 31.3. The molecule has 232 valence electrons. The molecule has 0 unspecified atom stereocenters. The lowest BCUT2D eigenvalue weighted by Crippen LogP contribution is -2.54. The summed E-state index contributed by atoms with van der Waals surface area (Å²) in [5.41, 5.74) is 5.19. The number of rotatable bonds is 12. The molecule has 4 nitrogen and oxygen atoms in total. The first-order valence-corrected chi connectivity index (χ1v) is 16.1. The standard InChI is InChI=1S/C40H52N2O2/c1-39(2,3)40(4)43-37(31-41(5,27-33-19-11-7-12-20-33)28-34-21-13-8-14-22-34)38(44-40)32-42(6,29-35-23-15-9-16-24-35)30-36-25-17-10-18-26-36/h7-26,37-38H,27-32H2,1-6H3/q+2/t37-,38-/m0/s1. The third-order valence-corrected chi connectivity index (χ3v) is 9.40. The van der Waals surface area contributed by atoms with E-state index in [1.165, 1.54) is 22.3 Å². The van der Waals surface area contributed by atoms with E-state index in [1.807, 2.05) is 0 Å². The van der Waals surface area contributed by atoms with Crippen LogP contribution in [0, 0.1) is 5.41 Å². The summed E-state index contributed by atoms with van der Waals surface area (Å²) >= 11 is 0. The molecular weight excluding hydrogens is 540 g/mol. The molecule has 1 fully saturated rings. The van der Waals surface area contributed by atoms with Crippen LogP contribution in [0.15, 0.2) is 121 Å². The maximum atomic E-state index is 7.10. The molecule has 0 radical (unpaired) electrons. The molecule has 44 heavy (non-hydrogen) atoms. The Bertz CT molecular complexity index is 1250. The number of hydrogen-bond donors (Lipinski definition) is 0. The molecule has 0 amide bonds. The minimum absolute atomic E-state index is 0.0550. The Labute approximate surface area is 266 Å². The van der Waals surface area contributed by atoms with E-state index >= 15 is 0 Å². The average molecular weight is 593 g/mol. The Morgan fingerprint density at radius 1 is 0.500 bits per heavy atom. The fourth-order valence-corrected chi connectivity index (χ4v) is 6.76. The van der Waals surface area contributed by atoms with Gasteiger partial charge in [-0.25, -0.2) is 0 Å². The van der Waals surface area contributed by atoms with Gasteiger partial charge in [-0.05, 0) is 6.92 Å². The van der Waals surface area contributed by atoms with Crippen LogP contribution in [0.2, 0.25) is 0 Å². The van der Waals surface area contributed by atoms with Crippen molar-refractivity contribution in [1.29, 1.82) is 0 Å². The zero-order valence-electron chi connectivity index (χ0n) is 27.7. The summed E-state index contributed by atoms with van der Waals surface area (Å²) in [6.07, 6.45) is -0.110. The monoisotopic (exact) mass is 592 g/mol. The second-order valence-corrected chi connectivity index (χ2v) is 14.7. The van der Waals surface area contributed by atoms with Crippen LogP contribution in [0.25, 0.3) is 0 Å². The van der Waals surface area contributed by atoms with Gasteiger partial charge in [0, 0.05) is 27.7 Å². The van der Waals surface area contributed by atoms with E-state index in [4.69, 9.17) is 9.47 Å². The van der Waals surface area contributed by atoms with Crippen LogP contribution in [0.4, 0.5) is 0 Å². The lowest BCUT2D eigenvalue weighted by molar-refractivity contribution is -0.944. The van der Waals surface area contributed by atoms with E-state index in [9.17, 15) is 0 Å². The predicted molar refractivity (Wildman–Crippen MR) is 180 cm³/mol. The summed E-state index contributed by atoms with van der Waals surface area (Å²) in [6, 6.07) is 43.5. The van der Waals surface area contributed by atoms with Crippen molar-refractivity contribution in [1.82, 2.24) is 0 Å². The third-order valence-electron chi connectivity index (χ3n) is 9.40. The van der Waals surface area contributed by atoms with Gasteiger partial charge in [0.15, 0.2) is 5.79 Å². The van der Waals surface area contributed by atoms with Gasteiger partial charge in [0.2, 0.25) is 0 Å². The fraction of sp³-hybridized carbons (Fsp3) is 0.400. The molecule has 1 aliphatic rings. The molecule has 1 heterocycles. The maximum Gasteiger partial charge on any atom is 0.171 e. The van der Waals surface area contributed by atoms with Crippen LogP contribution in [0.3, 0.4) is 0 Å². The first kappa shape index (κ1) is 32.1. The van der Waals surface area contributed by atoms with Crippen molar-refractivity contribution in [2.24, 2.45) is 5.41 Å². The van der Waals surface area contributed by atoms with Gasteiger partial charge < -0.3 is 18.4 Å². The SMILES string of the molecule is CC(C)(C)C1(C)O[C@@H](C[N+](C)(Cc2ccccc2)Cc2ccccc2)[C@H](C[N+](C)(Cc2ccccc2)Cc2ccccc2)O1. The number of nitrogens with zero attached hydrogens (tertiary/aromatic N) is 2. The van der Waals surface area contributed by atoms with Gasteiger partial charge in [0.1, 0.15) is 51.5 Å². The van der Waals surface area contributed by atoms with Crippen LogP contribution in [0.1, 0.15) is 49.9 Å². The van der Waals surface area contributed by atoms with Gasteiger partial charge in [0.05, 0.1) is 14.1 Å². The van der Waals surface area contributed by atoms with Crippen molar-refractivity contribution in [3.8, 4) is 0 Å². The van der Waals surface area contributed by atoms with Crippen molar-refractivity contribution in [2.45, 2.75) is 71.9 Å². The van der Waals surface area contributed by atoms with Crippen LogP contribution >= 0.6 is 0 Å². The van der Waals surface area contributed by atoms with Gasteiger partial charge in [-0.1, -0.05) is 142 Å². The number of likely N-dealkylation sites (N-methyl/N-ethyl adjacent to an activating group) is 2. The number of hydrogen-bond acceptors (Lipinski definition) is 2. The van der Waals surface area contributed by atoms with E-state index in [0.717, 1.165) is 48.2 Å². The second kappa shape index (κ2) is 13.4. The molecular formula is C40H52N2O2+2. The Morgan fingerprint density at radius 2 is 0.750 bits per heavy atom. The molecule has 4 aromatic carbocycles. The molecule has 0 aromatic heterocycles. The van der Waals surface area contributed by atoms with E-state index in [2.05, 4.69) is 163 Å². The molecule has 4 heteroatoms. The summed E-state index contributed by atoms with van der Waals surface area (Å²) in [6.45, 7) is 14.3. The van der Waals surface area contributed by atoms with Crippen LogP contribution in [0.5, 0.6) is 0 Å². The Balaban J connectivity index is 1.48. The fourth-order valence-electron chi connectivity index (χ4n) is 6.76. The Kier molecular flexibility index (Phi) is 9.77. The lowest BCUT2D eigenvalue weighted by Gasteiger charge is -2.40. The molecule has 0 bridgehead atoms. The Hall–Kier alpha value is -3.28. The van der Waals surface area contributed by atoms with E-state index in [-0.39, 0.29) is 17.6 Å². The van der Waals surface area contributed by atoms with Gasteiger partial charge in [-0.2, -0.15) is 0 Å². The lowest BCUT2D eigenvalue weighted by atomic mass is 9.87. The molecule has 1 saturated heterocycles. The van der Waals surface area contributed by atoms with Gasteiger partial charge in [0.25, 0.3) is 0 Å². The highest BCUT2D eigenvalue weighted by Gasteiger charge is 2.55. The van der Waals surface area contributed by atoms with Gasteiger partial charge in [-0.15, -0.1) is 0 Å². The van der Waals surface area contributed by atoms with Crippen molar-refractivity contribution in [2.75, 3.05) is 27.2 Å². The molecule has 2 atom stereocenters. The third kappa shape index (κ3) is 8.25. The van der Waals surface area contributed by atoms with Crippen LogP contribution in [-0.2, 0) is 35.7 Å². The Morgan fingerprint density at radius 3 is 0.977 bits per heavy atom. The molecule has 5 rings (SSSR count). The normalized spacial score (nSPS) is 18.8. The van der Waals surface area contributed by atoms with E-state index < -0.39 is 5.79 Å². The van der Waals surface area contributed by atoms with Gasteiger partial charge in [-0.3, -0.25) is 0 Å². The smallest absolute Gasteiger partial charge is 0.171 e. The number of benzene rings is 4. The van der Waals surface area contributed by atoms with E-state index in [1.54, 1.807) is 0 Å². The highest BCUT2D eigenvalue weighted by atomic mass is 16.8. The predicted octanol–water partition coefficient (Wildman–Crippen LogP) is 8.23. The van der Waals surface area contributed by atoms with Crippen molar-refractivity contribution in [3.05, 3.63) is 144 Å². The topological polar surface area (TPSA) is 18.5 Å². The van der Waals surface area contributed by atoms with Crippen LogP contribution < -0.4 is 0 Å². The summed E-state index contributed by atoms with van der Waals surface area (Å²) in [5, 5.41) is 0. The average Bonchev–Trinajstić information content (AvgIpc) is 3.29. The summed E-state index contributed by atoms with van der Waals surface area (Å²) in [4.78, 5) is 0. The van der Waals surface area contributed by atoms with Crippen molar-refractivity contribution in [3.63, 3.8) is 0 Å². The minimum Gasteiger partial charge on any atom is -0.338 e. The summed E-state index contributed by atoms with van der Waals surface area (Å²) in [7, 11) is 4.77. The molecule has 0 aliphatic carbocycles. The molecule has 1 aliphatic heterocycles. The zero-order valence-corrected chi connectivity index (χ0v) is 27.7. The number of quaternary nitrogens is 2.